The number of benzene rings is 1. The summed E-state index contributed by atoms with van der Waals surface area (Å²) in [7, 11) is 0. The first-order valence-corrected chi connectivity index (χ1v) is 12.4. The molecule has 0 saturated heterocycles. The highest BCUT2D eigenvalue weighted by atomic mass is 16.6. The molecule has 4 N–H and O–H groups in total. The lowest BCUT2D eigenvalue weighted by Gasteiger charge is -2.22. The number of carboxylic acid groups (broad SMARTS) is 1. The molecule has 39 heavy (non-hydrogen) atoms. The third kappa shape index (κ3) is 8.03. The largest absolute Gasteiger partial charge is 0.488 e. The number of urea groups is 1. The fourth-order valence-electron chi connectivity index (χ4n) is 3.89. The Morgan fingerprint density at radius 1 is 1.18 bits per heavy atom. The third-order valence-electron chi connectivity index (χ3n) is 5.90. The lowest BCUT2D eigenvalue weighted by Crippen LogP contribution is -2.32. The summed E-state index contributed by atoms with van der Waals surface area (Å²) in [6.07, 6.45) is 11.2. The van der Waals surface area contributed by atoms with Gasteiger partial charge in [-0.25, -0.2) is 4.79 Å². The number of pyridine rings is 1. The summed E-state index contributed by atoms with van der Waals surface area (Å²) in [4.78, 5) is 46.3. The van der Waals surface area contributed by atoms with Crippen LogP contribution < -0.4 is 11.1 Å². The highest BCUT2D eigenvalue weighted by molar-refractivity contribution is 6.04. The molecule has 11 heteroatoms. The van der Waals surface area contributed by atoms with Crippen molar-refractivity contribution in [1.29, 1.82) is 0 Å². The molecule has 0 bridgehead atoms. The molecule has 0 radical (unpaired) electrons. The van der Waals surface area contributed by atoms with Crippen LogP contribution in [0.4, 0.5) is 16.2 Å². The summed E-state index contributed by atoms with van der Waals surface area (Å²) in [5.74, 6) is -0.858. The molecule has 0 atom stereocenters. The van der Waals surface area contributed by atoms with Crippen molar-refractivity contribution in [2.45, 2.75) is 32.2 Å². The number of anilines is 2. The van der Waals surface area contributed by atoms with Gasteiger partial charge in [-0.05, 0) is 36.6 Å². The predicted molar refractivity (Wildman–Crippen MR) is 145 cm³/mol. The average molecular weight is 532 g/mol. The number of hydrogen-bond donors (Lipinski definition) is 3. The van der Waals surface area contributed by atoms with Gasteiger partial charge >= 0.3 is 12.0 Å². The zero-order valence-corrected chi connectivity index (χ0v) is 21.2. The van der Waals surface area contributed by atoms with Crippen molar-refractivity contribution in [1.82, 2.24) is 9.88 Å². The van der Waals surface area contributed by atoms with Crippen LogP contribution in [0, 0.1) is 0 Å². The van der Waals surface area contributed by atoms with Crippen molar-refractivity contribution in [2.24, 2.45) is 4.99 Å². The van der Waals surface area contributed by atoms with Gasteiger partial charge in [-0.15, -0.1) is 0 Å². The number of carbonyl (C=O) groups is 3. The molecule has 1 aliphatic heterocycles. The Labute approximate surface area is 225 Å². The Morgan fingerprint density at radius 3 is 2.74 bits per heavy atom. The van der Waals surface area contributed by atoms with E-state index in [2.05, 4.69) is 21.4 Å². The molecule has 2 heterocycles. The number of aromatic nitrogens is 1. The van der Waals surface area contributed by atoms with Crippen LogP contribution in [0.25, 0.3) is 0 Å². The minimum absolute atomic E-state index is 0.0156. The van der Waals surface area contributed by atoms with Gasteiger partial charge in [0, 0.05) is 25.7 Å². The smallest absolute Gasteiger partial charge is 0.346 e. The molecule has 1 aromatic heterocycles. The summed E-state index contributed by atoms with van der Waals surface area (Å²) in [5.41, 5.74) is 8.69. The van der Waals surface area contributed by atoms with Crippen molar-refractivity contribution in [3.05, 3.63) is 89.7 Å². The molecule has 11 nitrogen and oxygen atoms in total. The van der Waals surface area contributed by atoms with E-state index in [1.165, 1.54) is 29.0 Å². The summed E-state index contributed by atoms with van der Waals surface area (Å²) >= 11 is 0. The number of nitrogens with one attached hydrogen (secondary N) is 1. The van der Waals surface area contributed by atoms with Gasteiger partial charge in [0.15, 0.2) is 6.61 Å². The van der Waals surface area contributed by atoms with Crippen molar-refractivity contribution in [2.75, 3.05) is 24.2 Å². The van der Waals surface area contributed by atoms with Crippen LogP contribution >= 0.6 is 0 Å². The molecule has 0 unspecified atom stereocenters. The first-order valence-electron chi connectivity index (χ1n) is 12.4. The number of carbonyl (C=O) groups excluding carboxylic acids is 2. The van der Waals surface area contributed by atoms with E-state index in [1.807, 2.05) is 12.2 Å². The van der Waals surface area contributed by atoms with Gasteiger partial charge in [0.25, 0.3) is 5.91 Å². The normalized spacial score (nSPS) is 15.4. The van der Waals surface area contributed by atoms with Crippen LogP contribution in [0.2, 0.25) is 0 Å². The second-order valence-corrected chi connectivity index (χ2v) is 8.91. The first kappa shape index (κ1) is 27.1. The maximum Gasteiger partial charge on any atom is 0.346 e. The van der Waals surface area contributed by atoms with Crippen LogP contribution in [0.5, 0.6) is 0 Å². The van der Waals surface area contributed by atoms with Gasteiger partial charge in [-0.3, -0.25) is 14.6 Å². The second-order valence-electron chi connectivity index (χ2n) is 8.91. The van der Waals surface area contributed by atoms with E-state index in [0.29, 0.717) is 29.1 Å². The topological polar surface area (TPSA) is 156 Å². The molecular weight excluding hydrogens is 502 g/mol. The highest BCUT2D eigenvalue weighted by Crippen LogP contribution is 2.23. The SMILES string of the molecule is Nc1ccccc1NC(=O)c1ccc(CN(CCC(=O)O)C(=O)N=C2COC=C(CC3=CC=CCC3)O2)cn1. The minimum atomic E-state index is -1.05. The Morgan fingerprint density at radius 2 is 2.03 bits per heavy atom. The van der Waals surface area contributed by atoms with Crippen LogP contribution in [0.1, 0.15) is 41.7 Å². The molecule has 4 rings (SSSR count). The number of aliphatic imine (C=N–C) groups is 1. The molecule has 1 aromatic carbocycles. The lowest BCUT2D eigenvalue weighted by atomic mass is 10.0. The van der Waals surface area contributed by atoms with E-state index < -0.39 is 17.9 Å². The predicted octanol–water partition coefficient (Wildman–Crippen LogP) is 4.27. The number of carboxylic acids is 1. The summed E-state index contributed by atoms with van der Waals surface area (Å²) in [5, 5.41) is 11.9. The molecule has 0 fully saturated rings. The van der Waals surface area contributed by atoms with Gasteiger partial charge in [0.1, 0.15) is 17.7 Å². The molecule has 2 aromatic rings. The van der Waals surface area contributed by atoms with E-state index in [9.17, 15) is 14.4 Å². The van der Waals surface area contributed by atoms with Crippen LogP contribution in [-0.4, -0.2) is 51.9 Å². The molecular formula is C28H29N5O6. The van der Waals surface area contributed by atoms with Gasteiger partial charge in [-0.1, -0.05) is 42.0 Å². The van der Waals surface area contributed by atoms with Gasteiger partial charge in [-0.2, -0.15) is 4.99 Å². The maximum absolute atomic E-state index is 13.0. The number of ether oxygens (including phenoxy) is 2. The van der Waals surface area contributed by atoms with Crippen LogP contribution in [0.3, 0.4) is 0 Å². The number of rotatable bonds is 9. The Balaban J connectivity index is 1.40. The zero-order valence-electron chi connectivity index (χ0n) is 21.2. The Hall–Kier alpha value is -4.93. The minimum Gasteiger partial charge on any atom is -0.488 e. The zero-order chi connectivity index (χ0) is 27.6. The van der Waals surface area contributed by atoms with E-state index in [0.717, 1.165) is 12.8 Å². The van der Waals surface area contributed by atoms with Crippen LogP contribution in [-0.2, 0) is 20.8 Å². The molecule has 1 aliphatic carbocycles. The Bertz CT molecular complexity index is 1350. The number of allylic oxidation sites excluding steroid dienone is 4. The van der Waals surface area contributed by atoms with Crippen molar-refractivity contribution < 1.29 is 29.0 Å². The fraction of sp³-hybridized carbons (Fsp3) is 0.250. The fourth-order valence-corrected chi connectivity index (χ4v) is 3.89. The average Bonchev–Trinajstić information content (AvgIpc) is 2.93. The number of nitrogen functional groups attached to an aromatic ring is 1. The first-order chi connectivity index (χ1) is 18.9. The molecule has 0 saturated carbocycles. The third-order valence-corrected chi connectivity index (χ3v) is 5.90. The summed E-state index contributed by atoms with van der Waals surface area (Å²) < 4.78 is 11.2. The van der Waals surface area contributed by atoms with Crippen LogP contribution in [0.15, 0.2) is 83.4 Å². The second kappa shape index (κ2) is 13.0. The van der Waals surface area contributed by atoms with E-state index in [1.54, 1.807) is 30.3 Å². The number of nitrogens with two attached hydrogens (primary N) is 1. The quantitative estimate of drug-likeness (QED) is 0.405. The molecule has 202 valence electrons. The monoisotopic (exact) mass is 531 g/mol. The number of para-hydroxylation sites is 2. The molecule has 2 aliphatic rings. The molecule has 0 spiro atoms. The van der Waals surface area contributed by atoms with E-state index in [4.69, 9.17) is 20.3 Å². The number of aliphatic carboxylic acids is 1. The van der Waals surface area contributed by atoms with Gasteiger partial charge in [0.2, 0.25) is 5.90 Å². The number of nitrogens with zero attached hydrogens (tertiary/aromatic N) is 3. The van der Waals surface area contributed by atoms with E-state index >= 15 is 0 Å². The lowest BCUT2D eigenvalue weighted by molar-refractivity contribution is -0.137. The maximum atomic E-state index is 13.0. The summed E-state index contributed by atoms with van der Waals surface area (Å²) in [6, 6.07) is 9.35. The molecule has 3 amide bonds. The van der Waals surface area contributed by atoms with Crippen molar-refractivity contribution in [3.8, 4) is 0 Å². The van der Waals surface area contributed by atoms with Crippen molar-refractivity contribution in [3.63, 3.8) is 0 Å². The van der Waals surface area contributed by atoms with Crippen molar-refractivity contribution >= 4 is 35.2 Å². The Kier molecular flexibility index (Phi) is 9.07. The van der Waals surface area contributed by atoms with E-state index in [-0.39, 0.29) is 37.7 Å². The highest BCUT2D eigenvalue weighted by Gasteiger charge is 2.20. The standard InChI is InChI=1S/C28H29N5O6/c29-22-8-4-5-9-23(22)31-27(36)24-11-10-20(15-30-24)16-33(13-12-26(34)35)28(37)32-25-18-38-17-21(39-25)14-19-6-2-1-3-7-19/h1-2,4-6,8-11,15,17H,3,7,12-14,16,18,29H2,(H,31,36)(H,34,35). The van der Waals surface area contributed by atoms with Gasteiger partial charge in [0.05, 0.1) is 17.8 Å². The number of amides is 3. The van der Waals surface area contributed by atoms with Gasteiger partial charge < -0.3 is 30.5 Å². The summed E-state index contributed by atoms with van der Waals surface area (Å²) in [6.45, 7) is -0.0618. The number of hydrogen-bond acceptors (Lipinski definition) is 7.